The number of aryl methyl sites for hydroxylation is 1. The number of nitrogens with zero attached hydrogens (tertiary/aromatic N) is 3. The molecule has 10 nitrogen and oxygen atoms in total. The van der Waals surface area contributed by atoms with Gasteiger partial charge in [0, 0.05) is 30.8 Å². The molecule has 3 aromatic heterocycles. The molecule has 1 atom stereocenters. The first-order valence-corrected chi connectivity index (χ1v) is 10.2. The van der Waals surface area contributed by atoms with Crippen LogP contribution in [0.3, 0.4) is 0 Å². The number of carbonyl (C=O) groups is 1. The molecular weight excluding hydrogens is 464 g/mol. The van der Waals surface area contributed by atoms with E-state index in [1.165, 1.54) is 37.2 Å². The second kappa shape index (κ2) is 9.43. The zero-order valence-electron chi connectivity index (χ0n) is 18.9. The number of ether oxygens (including phenoxy) is 2. The molecule has 0 radical (unpaired) electrons. The molecule has 0 spiro atoms. The number of halogens is 2. The summed E-state index contributed by atoms with van der Waals surface area (Å²) in [5.74, 6) is -2.67. The number of methoxy groups -OCH3 is 2. The Bertz CT molecular complexity index is 1400. The van der Waals surface area contributed by atoms with E-state index in [0.717, 1.165) is 12.1 Å². The lowest BCUT2D eigenvalue weighted by Crippen LogP contribution is -2.08. The van der Waals surface area contributed by atoms with Crippen LogP contribution in [0.25, 0.3) is 11.0 Å². The van der Waals surface area contributed by atoms with Gasteiger partial charge in [-0.2, -0.15) is 5.10 Å². The highest BCUT2D eigenvalue weighted by atomic mass is 19.1. The maximum absolute atomic E-state index is 14.8. The number of anilines is 3. The molecule has 0 aliphatic rings. The van der Waals surface area contributed by atoms with E-state index in [1.54, 1.807) is 13.2 Å². The lowest BCUT2D eigenvalue weighted by molar-refractivity contribution is -0.111. The predicted molar refractivity (Wildman–Crippen MR) is 123 cm³/mol. The topological polar surface area (TPSA) is 124 Å². The molecular formula is C23H21F2N5O5. The van der Waals surface area contributed by atoms with Gasteiger partial charge >= 0.3 is 0 Å². The second-order valence-corrected chi connectivity index (χ2v) is 7.36. The van der Waals surface area contributed by atoms with Gasteiger partial charge in [-0.15, -0.1) is 0 Å². The maximum atomic E-state index is 14.8. The van der Waals surface area contributed by atoms with E-state index in [2.05, 4.69) is 27.3 Å². The van der Waals surface area contributed by atoms with Crippen molar-refractivity contribution in [3.8, 4) is 11.5 Å². The summed E-state index contributed by atoms with van der Waals surface area (Å²) in [6.45, 7) is 3.41. The summed E-state index contributed by atoms with van der Waals surface area (Å²) < 4.78 is 46.6. The number of amides is 1. The lowest BCUT2D eigenvalue weighted by Gasteiger charge is -2.15. The third-order valence-electron chi connectivity index (χ3n) is 5.09. The monoisotopic (exact) mass is 485 g/mol. The van der Waals surface area contributed by atoms with Gasteiger partial charge in [-0.25, -0.2) is 13.8 Å². The summed E-state index contributed by atoms with van der Waals surface area (Å²) >= 11 is 0. The Labute approximate surface area is 197 Å². The van der Waals surface area contributed by atoms with Crippen molar-refractivity contribution in [3.63, 3.8) is 0 Å². The summed E-state index contributed by atoms with van der Waals surface area (Å²) in [5.41, 5.74) is -0.00439. The van der Waals surface area contributed by atoms with E-state index in [4.69, 9.17) is 13.9 Å². The fourth-order valence-corrected chi connectivity index (χ4v) is 3.42. The van der Waals surface area contributed by atoms with Crippen LogP contribution in [0.2, 0.25) is 0 Å². The van der Waals surface area contributed by atoms with Crippen molar-refractivity contribution in [1.82, 2.24) is 14.8 Å². The van der Waals surface area contributed by atoms with Crippen molar-refractivity contribution in [2.24, 2.45) is 7.05 Å². The Hall–Kier alpha value is -4.45. The lowest BCUT2D eigenvalue weighted by atomic mass is 10.0. The summed E-state index contributed by atoms with van der Waals surface area (Å²) in [7, 11) is 4.10. The number of fused-ring (bicyclic) bond motifs is 1. The number of hydrogen-bond donors (Lipinski definition) is 3. The van der Waals surface area contributed by atoms with E-state index in [1.807, 2.05) is 0 Å². The first kappa shape index (κ1) is 23.7. The van der Waals surface area contributed by atoms with Crippen LogP contribution >= 0.6 is 0 Å². The summed E-state index contributed by atoms with van der Waals surface area (Å²) in [6.07, 6.45) is 2.37. The normalized spacial score (nSPS) is 11.8. The highest BCUT2D eigenvalue weighted by Crippen LogP contribution is 2.38. The molecule has 0 saturated carbocycles. The fraction of sp³-hybridized carbons (Fsp3) is 0.174. The number of furan rings is 1. The number of aliphatic hydroxyl groups is 1. The van der Waals surface area contributed by atoms with Crippen molar-refractivity contribution in [1.29, 1.82) is 0 Å². The number of carbonyl (C=O) groups excluding carboxylic acids is 1. The first-order valence-electron chi connectivity index (χ1n) is 10.2. The standard InChI is InChI=1S/C23H21F2N5O5/c1-5-18(31)27-12-10-30(2)29-23(12)28-17-8-13-11(9-26-17)6-16(35-13)22(32)19-20(24)14(33-3)7-15(34-4)21(19)25/h5-10,22,32H,1H2,2-4H3,(H,27,31)(H,26,28,29). The van der Waals surface area contributed by atoms with Crippen molar-refractivity contribution in [3.05, 3.63) is 66.2 Å². The Morgan fingerprint density at radius 2 is 1.91 bits per heavy atom. The van der Waals surface area contributed by atoms with Crippen LogP contribution in [0.5, 0.6) is 11.5 Å². The molecule has 0 aliphatic carbocycles. The summed E-state index contributed by atoms with van der Waals surface area (Å²) in [4.78, 5) is 15.9. The molecule has 182 valence electrons. The minimum Gasteiger partial charge on any atom is -0.494 e. The van der Waals surface area contributed by atoms with Crippen LogP contribution in [0.1, 0.15) is 17.4 Å². The number of pyridine rings is 1. The van der Waals surface area contributed by atoms with Crippen molar-refractivity contribution < 1.29 is 32.6 Å². The van der Waals surface area contributed by atoms with Crippen molar-refractivity contribution >= 4 is 34.2 Å². The van der Waals surface area contributed by atoms with Crippen molar-refractivity contribution in [2.45, 2.75) is 6.10 Å². The molecule has 3 N–H and O–H groups in total. The Morgan fingerprint density at radius 3 is 2.54 bits per heavy atom. The first-order chi connectivity index (χ1) is 16.7. The molecule has 12 heteroatoms. The minimum atomic E-state index is -1.79. The molecule has 0 fully saturated rings. The number of rotatable bonds is 8. The molecule has 0 bridgehead atoms. The molecule has 4 rings (SSSR count). The van der Waals surface area contributed by atoms with Crippen LogP contribution in [0, 0.1) is 11.6 Å². The number of aromatic nitrogens is 3. The number of nitrogens with one attached hydrogen (secondary N) is 2. The van der Waals surface area contributed by atoms with E-state index in [9.17, 15) is 18.7 Å². The van der Waals surface area contributed by atoms with E-state index in [-0.39, 0.29) is 22.8 Å². The average Bonchev–Trinajstić information content (AvgIpc) is 3.41. The zero-order chi connectivity index (χ0) is 25.3. The van der Waals surface area contributed by atoms with Crippen LogP contribution in [0.4, 0.5) is 26.1 Å². The van der Waals surface area contributed by atoms with E-state index >= 15 is 0 Å². The molecule has 0 saturated heterocycles. The third-order valence-corrected chi connectivity index (χ3v) is 5.09. The Morgan fingerprint density at radius 1 is 1.23 bits per heavy atom. The molecule has 0 aliphatic heterocycles. The number of hydrogen-bond acceptors (Lipinski definition) is 8. The van der Waals surface area contributed by atoms with Gasteiger partial charge in [0.15, 0.2) is 29.0 Å². The smallest absolute Gasteiger partial charge is 0.247 e. The van der Waals surface area contributed by atoms with Crippen LogP contribution < -0.4 is 20.1 Å². The van der Waals surface area contributed by atoms with Gasteiger partial charge in [-0.3, -0.25) is 9.48 Å². The molecule has 1 unspecified atom stereocenters. The maximum Gasteiger partial charge on any atom is 0.247 e. The quantitative estimate of drug-likeness (QED) is 0.322. The second-order valence-electron chi connectivity index (χ2n) is 7.36. The van der Waals surface area contributed by atoms with Crippen LogP contribution in [-0.4, -0.2) is 40.0 Å². The summed E-state index contributed by atoms with van der Waals surface area (Å²) in [5, 5.41) is 21.1. The van der Waals surface area contributed by atoms with E-state index in [0.29, 0.717) is 22.7 Å². The third kappa shape index (κ3) is 4.51. The number of benzene rings is 1. The SMILES string of the molecule is C=CC(=O)Nc1cn(C)nc1Nc1cc2oc(C(O)c3c(F)c(OC)cc(OC)c3F)cc2cn1. The van der Waals surface area contributed by atoms with Crippen LogP contribution in [0.15, 0.2) is 47.7 Å². The van der Waals surface area contributed by atoms with Gasteiger partial charge in [0.05, 0.1) is 26.0 Å². The largest absolute Gasteiger partial charge is 0.494 e. The van der Waals surface area contributed by atoms with Gasteiger partial charge in [0.1, 0.15) is 29.0 Å². The van der Waals surface area contributed by atoms with Gasteiger partial charge in [-0.05, 0) is 12.1 Å². The molecule has 3 heterocycles. The number of aliphatic hydroxyl groups excluding tert-OH is 1. The van der Waals surface area contributed by atoms with E-state index < -0.39 is 29.2 Å². The minimum absolute atomic E-state index is 0.121. The van der Waals surface area contributed by atoms with Gasteiger partial charge in [0.25, 0.3) is 0 Å². The molecule has 4 aromatic rings. The molecule has 1 aromatic carbocycles. The Kier molecular flexibility index (Phi) is 6.38. The average molecular weight is 485 g/mol. The Balaban J connectivity index is 1.67. The van der Waals surface area contributed by atoms with Gasteiger partial charge < -0.3 is 29.6 Å². The van der Waals surface area contributed by atoms with Crippen molar-refractivity contribution in [2.75, 3.05) is 24.9 Å². The van der Waals surface area contributed by atoms with Gasteiger partial charge in [0.2, 0.25) is 5.91 Å². The highest BCUT2D eigenvalue weighted by Gasteiger charge is 2.29. The fourth-order valence-electron chi connectivity index (χ4n) is 3.42. The highest BCUT2D eigenvalue weighted by molar-refractivity contribution is 6.00. The summed E-state index contributed by atoms with van der Waals surface area (Å²) in [6, 6.07) is 3.97. The van der Waals surface area contributed by atoms with Gasteiger partial charge in [-0.1, -0.05) is 6.58 Å². The molecule has 35 heavy (non-hydrogen) atoms. The molecule has 1 amide bonds. The predicted octanol–water partition coefficient (Wildman–Crippen LogP) is 3.81. The zero-order valence-corrected chi connectivity index (χ0v) is 18.9. The van der Waals surface area contributed by atoms with Crippen LogP contribution in [-0.2, 0) is 11.8 Å².